The Labute approximate surface area is 333 Å². The van der Waals surface area contributed by atoms with Crippen LogP contribution in [0, 0.1) is 0 Å². The summed E-state index contributed by atoms with van der Waals surface area (Å²) in [5.74, 6) is -3.40. The number of carbonyl (C=O) groups excluding carboxylic acids is 1. The number of aromatic amines is 1. The minimum Gasteiger partial charge on any atom is -0.497 e. The molecule has 1 unspecified atom stereocenters. The summed E-state index contributed by atoms with van der Waals surface area (Å²) >= 11 is 0. The average Bonchev–Trinajstić information content (AvgIpc) is 3.72. The minimum atomic E-state index is -3.96. The van der Waals surface area contributed by atoms with E-state index in [0.717, 1.165) is 73.3 Å². The molecule has 2 aliphatic rings. The molecule has 1 aliphatic carbocycles. The third-order valence-corrected chi connectivity index (χ3v) is 12.2. The van der Waals surface area contributed by atoms with Crippen LogP contribution in [0.2, 0.25) is 0 Å². The van der Waals surface area contributed by atoms with Gasteiger partial charge in [-0.25, -0.2) is 18.9 Å². The third-order valence-electron chi connectivity index (χ3n) is 10.8. The van der Waals surface area contributed by atoms with Crippen molar-refractivity contribution in [2.45, 2.75) is 87.5 Å². The molecule has 14 nitrogen and oxygen atoms in total. The van der Waals surface area contributed by atoms with Gasteiger partial charge in [0.15, 0.2) is 23.6 Å². The molecule has 1 aliphatic heterocycles. The van der Waals surface area contributed by atoms with Crippen LogP contribution in [0.15, 0.2) is 96.1 Å². The van der Waals surface area contributed by atoms with Crippen LogP contribution in [0.5, 0.6) is 5.75 Å². The van der Waals surface area contributed by atoms with Crippen LogP contribution in [0.4, 0.5) is 14.7 Å². The zero-order chi connectivity index (χ0) is 41.3. The van der Waals surface area contributed by atoms with Gasteiger partial charge < -0.3 is 29.2 Å². The smallest absolute Gasteiger partial charge is 0.323 e. The number of H-pyrrole nitrogens is 1. The van der Waals surface area contributed by atoms with Gasteiger partial charge in [0.05, 0.1) is 13.4 Å². The Morgan fingerprint density at radius 3 is 2.26 bits per heavy atom. The van der Waals surface area contributed by atoms with E-state index in [1.54, 1.807) is 7.11 Å². The largest absolute Gasteiger partial charge is 0.497 e. The number of imidazole rings is 1. The summed E-state index contributed by atoms with van der Waals surface area (Å²) in [6.07, 6.45) is 0.698. The van der Waals surface area contributed by atoms with Gasteiger partial charge in [0.25, 0.3) is 18.9 Å². The fourth-order valence-corrected chi connectivity index (χ4v) is 9.05. The number of hydrogen-bond donors (Lipinski definition) is 4. The first-order valence-electron chi connectivity index (χ1n) is 19.1. The molecule has 0 radical (unpaired) electrons. The molecule has 2 fully saturated rings. The van der Waals surface area contributed by atoms with Gasteiger partial charge >= 0.3 is 5.97 Å². The molecular weight excluding hydrogens is 773 g/mol. The fraction of sp³-hybridized carbons (Fsp3) is 0.415. The number of aromatic nitrogens is 4. The number of anilines is 1. The molecule has 5 aromatic rings. The fourth-order valence-electron chi connectivity index (χ4n) is 7.74. The first-order valence-corrected chi connectivity index (χ1v) is 21.2. The molecule has 4 N–H and O–H groups in total. The summed E-state index contributed by atoms with van der Waals surface area (Å²) in [6.45, 7) is 2.35. The standard InChI is InChI=1S/C41H47F2N6O8P/c1-26(35(51)56-31-18-12-7-13-19-31)48-58(4,53)55-24-40(43)36(42)39(2,52)37(57-40)49-25-44-32-33(49)45-38(46-34(32)50)47-41(27-14-8-5-9-15-27,28-16-10-6-11-17-28)29-20-22-30(54-3)23-21-29/h5-6,8-11,14-17,20-23,25-26,31,36-37,52H,7,12-13,18-19,24H2,1-4H3,(H,48,53)(H2,45,46,47,50)/t26-,36-,37+,39+,40+,58?/m0/s1. The van der Waals surface area contributed by atoms with E-state index in [2.05, 4.69) is 20.4 Å². The number of methoxy groups -OCH3 is 1. The first kappa shape index (κ1) is 41.2. The van der Waals surface area contributed by atoms with Gasteiger partial charge in [0.2, 0.25) is 5.95 Å². The van der Waals surface area contributed by atoms with Crippen molar-refractivity contribution in [3.63, 3.8) is 0 Å². The van der Waals surface area contributed by atoms with Crippen LogP contribution >= 0.6 is 7.52 Å². The van der Waals surface area contributed by atoms with Crippen molar-refractivity contribution < 1.29 is 42.0 Å². The van der Waals surface area contributed by atoms with Crippen LogP contribution in [0.1, 0.15) is 68.9 Å². The van der Waals surface area contributed by atoms with Gasteiger partial charge in [-0.15, -0.1) is 0 Å². The van der Waals surface area contributed by atoms with Crippen LogP contribution < -0.4 is 20.7 Å². The highest BCUT2D eigenvalue weighted by molar-refractivity contribution is 7.56. The lowest BCUT2D eigenvalue weighted by atomic mass is 9.77. The normalized spacial score (nSPS) is 24.3. The summed E-state index contributed by atoms with van der Waals surface area (Å²) < 4.78 is 68.9. The molecule has 58 heavy (non-hydrogen) atoms. The van der Waals surface area contributed by atoms with Gasteiger partial charge in [0.1, 0.15) is 35.6 Å². The predicted octanol–water partition coefficient (Wildman–Crippen LogP) is 6.51. The number of halogens is 2. The van der Waals surface area contributed by atoms with Crippen molar-refractivity contribution in [3.05, 3.63) is 118 Å². The zero-order valence-corrected chi connectivity index (χ0v) is 33.5. The van der Waals surface area contributed by atoms with Gasteiger partial charge in [-0.1, -0.05) is 79.2 Å². The summed E-state index contributed by atoms with van der Waals surface area (Å²) in [4.78, 5) is 37.9. The van der Waals surface area contributed by atoms with Crippen LogP contribution in [-0.2, 0) is 28.9 Å². The second-order valence-corrected chi connectivity index (χ2v) is 17.3. The first-order chi connectivity index (χ1) is 27.7. The van der Waals surface area contributed by atoms with E-state index in [9.17, 15) is 19.3 Å². The second kappa shape index (κ2) is 16.3. The topological polar surface area (TPSA) is 179 Å². The van der Waals surface area contributed by atoms with E-state index in [0.29, 0.717) is 5.75 Å². The third kappa shape index (κ3) is 8.03. The maximum atomic E-state index is 16.5. The molecule has 1 saturated heterocycles. The minimum absolute atomic E-state index is 0.0406. The van der Waals surface area contributed by atoms with Crippen LogP contribution in [-0.4, -0.2) is 80.7 Å². The maximum Gasteiger partial charge on any atom is 0.323 e. The van der Waals surface area contributed by atoms with Crippen molar-refractivity contribution in [1.29, 1.82) is 0 Å². The van der Waals surface area contributed by atoms with E-state index >= 15 is 8.78 Å². The van der Waals surface area contributed by atoms with E-state index in [-0.39, 0.29) is 23.2 Å². The number of nitrogens with zero attached hydrogens (tertiary/aromatic N) is 3. The van der Waals surface area contributed by atoms with Crippen molar-refractivity contribution in [2.75, 3.05) is 25.7 Å². The summed E-state index contributed by atoms with van der Waals surface area (Å²) in [5, 5.41) is 17.5. The Hall–Kier alpha value is -4.99. The number of nitrogens with one attached hydrogen (secondary N) is 3. The van der Waals surface area contributed by atoms with Crippen LogP contribution in [0.3, 0.4) is 0 Å². The number of carbonyl (C=O) groups is 1. The highest BCUT2D eigenvalue weighted by Gasteiger charge is 2.65. The Balaban J connectivity index is 1.19. The van der Waals surface area contributed by atoms with Crippen molar-refractivity contribution in [1.82, 2.24) is 24.6 Å². The van der Waals surface area contributed by atoms with Crippen molar-refractivity contribution in [3.8, 4) is 5.75 Å². The molecule has 0 spiro atoms. The lowest BCUT2D eigenvalue weighted by Crippen LogP contribution is -2.46. The Morgan fingerprint density at radius 2 is 1.66 bits per heavy atom. The van der Waals surface area contributed by atoms with Gasteiger partial charge in [-0.3, -0.25) is 23.7 Å². The number of alkyl halides is 2. The number of aliphatic hydroxyl groups is 1. The van der Waals surface area contributed by atoms with Gasteiger partial charge in [-0.2, -0.15) is 4.98 Å². The molecule has 1 saturated carbocycles. The number of fused-ring (bicyclic) bond motifs is 1. The van der Waals surface area contributed by atoms with E-state index in [4.69, 9.17) is 23.7 Å². The molecule has 17 heteroatoms. The molecule has 7 rings (SSSR count). The van der Waals surface area contributed by atoms with Gasteiger partial charge in [-0.05, 0) is 68.4 Å². The summed E-state index contributed by atoms with van der Waals surface area (Å²) in [7, 11) is -2.40. The molecular formula is C41H47F2N6O8P. The lowest BCUT2D eigenvalue weighted by molar-refractivity contribution is -0.191. The number of esters is 1. The molecule has 3 aromatic carbocycles. The van der Waals surface area contributed by atoms with E-state index in [1.807, 2.05) is 84.9 Å². The number of hydrogen-bond acceptors (Lipinski definition) is 11. The van der Waals surface area contributed by atoms with Gasteiger partial charge in [0, 0.05) is 6.66 Å². The molecule has 3 heterocycles. The molecule has 6 atom stereocenters. The Kier molecular flexibility index (Phi) is 11.6. The second-order valence-electron chi connectivity index (χ2n) is 15.1. The molecule has 308 valence electrons. The lowest BCUT2D eigenvalue weighted by Gasteiger charge is -2.37. The number of rotatable bonds is 14. The SMILES string of the molecule is COc1ccc(C(Nc2nc3c(ncn3[C@@H]3O[C@](F)(COP(C)(=O)N[C@@H](C)C(=O)OC4CCCCC4)[C@@H](F)[C@@]3(C)O)c(=O)[nH]2)(c2ccccc2)c2ccccc2)cc1. The number of ether oxygens (including phenoxy) is 3. The maximum absolute atomic E-state index is 16.5. The Morgan fingerprint density at radius 1 is 1.05 bits per heavy atom. The highest BCUT2D eigenvalue weighted by Crippen LogP contribution is 2.50. The van der Waals surface area contributed by atoms with E-state index < -0.39 is 61.1 Å². The number of benzene rings is 3. The van der Waals surface area contributed by atoms with E-state index in [1.165, 1.54) is 6.92 Å². The van der Waals surface area contributed by atoms with Crippen LogP contribution in [0.25, 0.3) is 11.2 Å². The summed E-state index contributed by atoms with van der Waals surface area (Å²) in [5.41, 5.74) is -2.46. The molecule has 0 bridgehead atoms. The highest BCUT2D eigenvalue weighted by atomic mass is 31.2. The summed E-state index contributed by atoms with van der Waals surface area (Å²) in [6, 6.07) is 25.3. The average molecular weight is 821 g/mol. The Bertz CT molecular complexity index is 2280. The molecule has 2 aromatic heterocycles. The van der Waals surface area contributed by atoms with Crippen molar-refractivity contribution >= 4 is 30.6 Å². The van der Waals surface area contributed by atoms with Crippen molar-refractivity contribution in [2.24, 2.45) is 0 Å². The monoisotopic (exact) mass is 820 g/mol. The zero-order valence-electron chi connectivity index (χ0n) is 32.6. The molecule has 0 amide bonds. The quantitative estimate of drug-likeness (QED) is 0.0543. The predicted molar refractivity (Wildman–Crippen MR) is 212 cm³/mol.